The minimum atomic E-state index is -4.87. The largest absolute Gasteiger partial charge is 0.460 e. The summed E-state index contributed by atoms with van der Waals surface area (Å²) >= 11 is 0. The van der Waals surface area contributed by atoms with Crippen LogP contribution in [0.25, 0.3) is 0 Å². The molecule has 0 radical (unpaired) electrons. The van der Waals surface area contributed by atoms with E-state index >= 15 is 0 Å². The first kappa shape index (κ1) is 73.8. The van der Waals surface area contributed by atoms with Crippen LogP contribution in [0.5, 0.6) is 0 Å². The Morgan fingerprint density at radius 1 is 0.351 bits per heavy atom. The number of Topliss-reactive ketones (excluding diaryl/α,β-unsaturated/α-hetero) is 1. The zero-order chi connectivity index (χ0) is 57.0. The fourth-order valence-electron chi connectivity index (χ4n) is 9.17. The minimum Gasteiger partial charge on any atom is -0.460 e. The number of rotatable bonds is 57. The summed E-state index contributed by atoms with van der Waals surface area (Å²) in [5.74, 6) is -5.39. The van der Waals surface area contributed by atoms with E-state index in [-0.39, 0.29) is 45.3 Å². The molecule has 0 heterocycles. The van der Waals surface area contributed by atoms with E-state index in [1.807, 2.05) is 0 Å². The number of esters is 5. The van der Waals surface area contributed by atoms with Gasteiger partial charge >= 0.3 is 40.2 Å². The van der Waals surface area contributed by atoms with Crippen molar-refractivity contribution in [3.8, 4) is 0 Å². The molecule has 0 amide bonds. The topological polar surface area (TPSA) is 221 Å². The predicted molar refractivity (Wildman–Crippen MR) is 301 cm³/mol. The molecule has 0 rings (SSSR count). The number of unbranched alkanes of at least 4 members (excludes halogenated alkanes) is 32. The average molecular weight is 1120 g/mol. The van der Waals surface area contributed by atoms with Crippen LogP contribution in [0, 0.1) is 0 Å². The molecule has 0 fully saturated rings. The van der Waals surface area contributed by atoms with Gasteiger partial charge in [-0.15, -0.1) is 0 Å². The van der Waals surface area contributed by atoms with Gasteiger partial charge in [-0.3, -0.25) is 28.5 Å². The van der Waals surface area contributed by atoms with Gasteiger partial charge in [0.2, 0.25) is 12.2 Å². The molecule has 0 aromatic heterocycles. The first-order chi connectivity index (χ1) is 37.2. The van der Waals surface area contributed by atoms with Crippen molar-refractivity contribution < 1.29 is 74.3 Å². The molecule has 0 spiro atoms. The highest BCUT2D eigenvalue weighted by Gasteiger charge is 2.50. The maximum atomic E-state index is 14.5. The summed E-state index contributed by atoms with van der Waals surface area (Å²) in [6, 6.07) is 0. The van der Waals surface area contributed by atoms with E-state index in [0.717, 1.165) is 135 Å². The number of carbonyl (C=O) groups excluding carboxylic acids is 6. The summed E-state index contributed by atoms with van der Waals surface area (Å²) in [5, 5.41) is 0. The van der Waals surface area contributed by atoms with Crippen molar-refractivity contribution in [2.24, 2.45) is 0 Å². The smallest absolute Gasteiger partial charge is 0.397 e. The lowest BCUT2D eigenvalue weighted by Gasteiger charge is -2.35. The standard InChI is InChI=1S/C60H110O16S/c1-6-10-14-18-22-26-30-34-38-44-52(62)73-56(51(61)43-42-48-72-77(67,68)69)57(74-53(63)45-39-35-31-27-23-19-15-11-7-2)58(75-54(64)46-40-36-32-28-24-20-16-12-8-3)59(60(66)71-50-49-70-5)76-55(65)47-41-37-33-29-25-21-17-13-9-4/h56-59H,6-50H2,1-5H3,(H,67,68,69). The Kier molecular flexibility index (Phi) is 50.1. The molecule has 452 valence electrons. The first-order valence-corrected chi connectivity index (χ1v) is 32.2. The van der Waals surface area contributed by atoms with Crippen LogP contribution in [0.1, 0.15) is 297 Å². The highest BCUT2D eigenvalue weighted by molar-refractivity contribution is 7.80. The molecular formula is C60H110O16S. The zero-order valence-electron chi connectivity index (χ0n) is 49.1. The van der Waals surface area contributed by atoms with Crippen molar-refractivity contribution in [1.29, 1.82) is 0 Å². The molecule has 4 unspecified atom stereocenters. The van der Waals surface area contributed by atoms with E-state index in [1.54, 1.807) is 0 Å². The Hall–Kier alpha value is -3.15. The lowest BCUT2D eigenvalue weighted by molar-refractivity contribution is -0.207. The van der Waals surface area contributed by atoms with Gasteiger partial charge in [0.05, 0.1) is 13.2 Å². The third-order valence-electron chi connectivity index (χ3n) is 13.8. The minimum absolute atomic E-state index is 0.0473. The van der Waals surface area contributed by atoms with Crippen molar-refractivity contribution in [1.82, 2.24) is 0 Å². The van der Waals surface area contributed by atoms with Gasteiger partial charge in [0, 0.05) is 39.2 Å². The van der Waals surface area contributed by atoms with Gasteiger partial charge in [-0.1, -0.05) is 233 Å². The Balaban J connectivity index is 7.24. The number of hydrogen-bond acceptors (Lipinski definition) is 15. The Morgan fingerprint density at radius 3 is 0.948 bits per heavy atom. The van der Waals surface area contributed by atoms with Crippen LogP contribution >= 0.6 is 0 Å². The fourth-order valence-corrected chi connectivity index (χ4v) is 9.50. The summed E-state index contributed by atoms with van der Waals surface area (Å²) < 4.78 is 71.3. The highest BCUT2D eigenvalue weighted by atomic mass is 32.3. The van der Waals surface area contributed by atoms with Gasteiger partial charge in [0.25, 0.3) is 0 Å². The van der Waals surface area contributed by atoms with Gasteiger partial charge in [-0.2, -0.15) is 8.42 Å². The molecule has 0 aliphatic heterocycles. The van der Waals surface area contributed by atoms with Gasteiger partial charge in [0.15, 0.2) is 18.0 Å². The average Bonchev–Trinajstić information content (AvgIpc) is 3.39. The Morgan fingerprint density at radius 2 is 0.636 bits per heavy atom. The Bertz CT molecular complexity index is 1590. The number of hydrogen-bond donors (Lipinski definition) is 1. The second-order valence-electron chi connectivity index (χ2n) is 21.0. The van der Waals surface area contributed by atoms with E-state index < -0.39 is 83.5 Å². The number of ether oxygens (including phenoxy) is 6. The van der Waals surface area contributed by atoms with E-state index in [2.05, 4.69) is 31.9 Å². The highest BCUT2D eigenvalue weighted by Crippen LogP contribution is 2.26. The van der Waals surface area contributed by atoms with Gasteiger partial charge in [-0.25, -0.2) is 8.98 Å². The zero-order valence-corrected chi connectivity index (χ0v) is 49.9. The van der Waals surface area contributed by atoms with Gasteiger partial charge in [0.1, 0.15) is 6.61 Å². The summed E-state index contributed by atoms with van der Waals surface area (Å²) in [7, 11) is -3.47. The predicted octanol–water partition coefficient (Wildman–Crippen LogP) is 14.7. The maximum Gasteiger partial charge on any atom is 0.397 e. The van der Waals surface area contributed by atoms with E-state index in [1.165, 1.54) is 58.5 Å². The van der Waals surface area contributed by atoms with Crippen LogP contribution in [-0.2, 0) is 71.8 Å². The third kappa shape index (κ3) is 45.3. The van der Waals surface area contributed by atoms with Crippen molar-refractivity contribution >= 4 is 46.0 Å². The molecule has 4 atom stereocenters. The SMILES string of the molecule is CCCCCCCCCCCC(=O)OC(C(=O)CCCOS(=O)(=O)O)C(OC(=O)CCCCCCCCCCC)C(OC(=O)CCCCCCCCCCC)C(OC(=O)CCCCCCCCCCC)C(=O)OCCOC. The first-order valence-electron chi connectivity index (χ1n) is 30.8. The van der Waals surface area contributed by atoms with Crippen LogP contribution in [0.4, 0.5) is 0 Å². The van der Waals surface area contributed by atoms with Crippen molar-refractivity contribution in [2.75, 3.05) is 26.9 Å². The van der Waals surface area contributed by atoms with Crippen molar-refractivity contribution in [3.63, 3.8) is 0 Å². The third-order valence-corrected chi connectivity index (χ3v) is 14.3. The number of methoxy groups -OCH3 is 1. The summed E-state index contributed by atoms with van der Waals surface area (Å²) in [5.41, 5.74) is 0. The molecular weight excluding hydrogens is 1010 g/mol. The molecule has 0 aliphatic carbocycles. The lowest BCUT2D eigenvalue weighted by atomic mass is 9.96. The molecule has 77 heavy (non-hydrogen) atoms. The van der Waals surface area contributed by atoms with Gasteiger partial charge in [-0.05, 0) is 32.1 Å². The van der Waals surface area contributed by atoms with E-state index in [9.17, 15) is 41.7 Å². The maximum absolute atomic E-state index is 14.5. The molecule has 1 N–H and O–H groups in total. The summed E-state index contributed by atoms with van der Waals surface area (Å²) in [4.78, 5) is 84.8. The summed E-state index contributed by atoms with van der Waals surface area (Å²) in [6.45, 7) is 7.69. The van der Waals surface area contributed by atoms with Crippen molar-refractivity contribution in [2.45, 2.75) is 322 Å². The quantitative estimate of drug-likeness (QED) is 0.0259. The molecule has 17 heteroatoms. The monoisotopic (exact) mass is 1120 g/mol. The normalized spacial score (nSPS) is 13.1. The van der Waals surface area contributed by atoms with Crippen LogP contribution in [0.3, 0.4) is 0 Å². The van der Waals surface area contributed by atoms with Crippen LogP contribution in [-0.4, -0.2) is 99.9 Å². The Labute approximate surface area is 467 Å². The molecule has 0 aliphatic rings. The van der Waals surface area contributed by atoms with Crippen molar-refractivity contribution in [3.05, 3.63) is 0 Å². The molecule has 0 aromatic carbocycles. The lowest BCUT2D eigenvalue weighted by Crippen LogP contribution is -2.56. The number of ketones is 1. The summed E-state index contributed by atoms with van der Waals surface area (Å²) in [6.07, 6.45) is 25.3. The molecule has 0 aromatic rings. The number of carbonyl (C=O) groups is 6. The molecule has 16 nitrogen and oxygen atoms in total. The second kappa shape index (κ2) is 52.2. The van der Waals surface area contributed by atoms with Crippen LogP contribution < -0.4 is 0 Å². The molecule has 0 bridgehead atoms. The molecule has 0 saturated carbocycles. The second-order valence-corrected chi connectivity index (χ2v) is 22.1. The molecule has 0 saturated heterocycles. The van der Waals surface area contributed by atoms with Crippen LogP contribution in [0.2, 0.25) is 0 Å². The fraction of sp³-hybridized carbons (Fsp3) is 0.900. The van der Waals surface area contributed by atoms with E-state index in [4.69, 9.17) is 28.4 Å². The van der Waals surface area contributed by atoms with E-state index in [0.29, 0.717) is 44.9 Å². The van der Waals surface area contributed by atoms with Gasteiger partial charge < -0.3 is 28.4 Å². The van der Waals surface area contributed by atoms with Crippen LogP contribution in [0.15, 0.2) is 0 Å².